The summed E-state index contributed by atoms with van der Waals surface area (Å²) >= 11 is 0. The summed E-state index contributed by atoms with van der Waals surface area (Å²) in [6.07, 6.45) is 1.73. The van der Waals surface area contributed by atoms with Gasteiger partial charge in [-0.3, -0.25) is 14.7 Å². The van der Waals surface area contributed by atoms with E-state index in [0.29, 0.717) is 17.1 Å². The van der Waals surface area contributed by atoms with Crippen LogP contribution in [-0.2, 0) is 16.0 Å². The van der Waals surface area contributed by atoms with E-state index in [2.05, 4.69) is 10.1 Å². The van der Waals surface area contributed by atoms with Gasteiger partial charge < -0.3 is 9.84 Å². The third kappa shape index (κ3) is 3.27. The fourth-order valence-corrected chi connectivity index (χ4v) is 4.23. The van der Waals surface area contributed by atoms with Gasteiger partial charge in [-0.2, -0.15) is 0 Å². The number of hydrogen-bond acceptors (Lipinski definition) is 5. The minimum Gasteiger partial charge on any atom is -0.466 e. The van der Waals surface area contributed by atoms with Crippen LogP contribution < -0.4 is 5.56 Å². The first-order valence-corrected chi connectivity index (χ1v) is 9.63. The van der Waals surface area contributed by atoms with Crippen molar-refractivity contribution in [2.75, 3.05) is 6.61 Å². The minimum absolute atomic E-state index is 0.129. The van der Waals surface area contributed by atoms with Crippen molar-refractivity contribution in [1.82, 2.24) is 14.8 Å². The smallest absolute Gasteiger partial charge is 0.312 e. The maximum Gasteiger partial charge on any atom is 0.312 e. The molecule has 0 fully saturated rings. The third-order valence-electron chi connectivity index (χ3n) is 5.43. The van der Waals surface area contributed by atoms with E-state index in [4.69, 9.17) is 4.74 Å². The molecule has 3 aromatic rings. The molecule has 1 aromatic carbocycles. The molecule has 4 rings (SSSR count). The van der Waals surface area contributed by atoms with Crippen molar-refractivity contribution < 1.29 is 14.6 Å². The number of carbonyl (C=O) groups is 1. The van der Waals surface area contributed by atoms with Crippen molar-refractivity contribution in [1.29, 1.82) is 0 Å². The van der Waals surface area contributed by atoms with Crippen LogP contribution in [0.4, 0.5) is 0 Å². The SMILES string of the molecule is CCOC(=O)C1C(c2ccccc2)c2c([nH]n(-c3ccccn3)c2=O)CC1(C)O. The largest absolute Gasteiger partial charge is 0.466 e. The first-order valence-electron chi connectivity index (χ1n) is 9.63. The second-order valence-corrected chi connectivity index (χ2v) is 7.48. The van der Waals surface area contributed by atoms with Crippen LogP contribution in [0.15, 0.2) is 59.5 Å². The Kier molecular flexibility index (Phi) is 4.84. The van der Waals surface area contributed by atoms with Crippen LogP contribution in [-0.4, -0.2) is 38.0 Å². The van der Waals surface area contributed by atoms with Gasteiger partial charge in [-0.15, -0.1) is 0 Å². The number of pyridine rings is 1. The van der Waals surface area contributed by atoms with Crippen molar-refractivity contribution in [3.8, 4) is 5.82 Å². The number of ether oxygens (including phenoxy) is 1. The number of nitrogens with one attached hydrogen (secondary N) is 1. The summed E-state index contributed by atoms with van der Waals surface area (Å²) in [4.78, 5) is 30.5. The highest BCUT2D eigenvalue weighted by Gasteiger charge is 2.51. The molecule has 0 amide bonds. The molecule has 7 nitrogen and oxygen atoms in total. The summed E-state index contributed by atoms with van der Waals surface area (Å²) in [6, 6.07) is 14.6. The predicted molar refractivity (Wildman–Crippen MR) is 107 cm³/mol. The molecule has 7 heteroatoms. The van der Waals surface area contributed by atoms with Crippen LogP contribution >= 0.6 is 0 Å². The number of benzene rings is 1. The molecule has 0 aliphatic heterocycles. The Morgan fingerprint density at radius 2 is 2.00 bits per heavy atom. The first kappa shape index (κ1) is 19.1. The Labute approximate surface area is 168 Å². The van der Waals surface area contributed by atoms with Gasteiger partial charge in [0.1, 0.15) is 0 Å². The average molecular weight is 393 g/mol. The Balaban J connectivity index is 1.95. The molecular formula is C22H23N3O4. The van der Waals surface area contributed by atoms with E-state index in [1.54, 1.807) is 38.2 Å². The molecule has 2 N–H and O–H groups in total. The van der Waals surface area contributed by atoms with E-state index in [1.807, 2.05) is 30.3 Å². The average Bonchev–Trinajstić information content (AvgIpc) is 3.03. The highest BCUT2D eigenvalue weighted by Crippen LogP contribution is 2.44. The molecule has 0 spiro atoms. The normalized spacial score (nSPS) is 23.4. The Morgan fingerprint density at radius 1 is 1.28 bits per heavy atom. The highest BCUT2D eigenvalue weighted by molar-refractivity contribution is 5.77. The number of aromatic amines is 1. The van der Waals surface area contributed by atoms with Crippen LogP contribution in [0, 0.1) is 5.92 Å². The molecule has 0 radical (unpaired) electrons. The number of rotatable bonds is 4. The summed E-state index contributed by atoms with van der Waals surface area (Å²) in [6.45, 7) is 3.54. The number of esters is 1. The number of hydrogen-bond donors (Lipinski definition) is 2. The molecule has 29 heavy (non-hydrogen) atoms. The van der Waals surface area contributed by atoms with E-state index in [1.165, 1.54) is 4.68 Å². The summed E-state index contributed by atoms with van der Waals surface area (Å²) in [5, 5.41) is 14.3. The lowest BCUT2D eigenvalue weighted by Crippen LogP contribution is -2.50. The van der Waals surface area contributed by atoms with Crippen LogP contribution in [0.2, 0.25) is 0 Å². The van der Waals surface area contributed by atoms with E-state index in [-0.39, 0.29) is 18.6 Å². The summed E-state index contributed by atoms with van der Waals surface area (Å²) in [5.74, 6) is -1.60. The van der Waals surface area contributed by atoms with E-state index >= 15 is 0 Å². The molecule has 0 bridgehead atoms. The van der Waals surface area contributed by atoms with Gasteiger partial charge in [-0.1, -0.05) is 36.4 Å². The monoisotopic (exact) mass is 393 g/mol. The molecule has 0 saturated carbocycles. The third-order valence-corrected chi connectivity index (χ3v) is 5.43. The number of carbonyl (C=O) groups excluding carboxylic acids is 1. The van der Waals surface area contributed by atoms with Crippen molar-refractivity contribution in [2.45, 2.75) is 31.8 Å². The minimum atomic E-state index is -1.39. The van der Waals surface area contributed by atoms with Gasteiger partial charge in [0.2, 0.25) is 0 Å². The van der Waals surface area contributed by atoms with Crippen molar-refractivity contribution in [2.24, 2.45) is 5.92 Å². The summed E-state index contributed by atoms with van der Waals surface area (Å²) < 4.78 is 6.65. The van der Waals surface area contributed by atoms with Crippen LogP contribution in [0.25, 0.3) is 5.82 Å². The zero-order valence-corrected chi connectivity index (χ0v) is 16.3. The maximum absolute atomic E-state index is 13.4. The van der Waals surface area contributed by atoms with Crippen LogP contribution in [0.3, 0.4) is 0 Å². The topological polar surface area (TPSA) is 97.2 Å². The lowest BCUT2D eigenvalue weighted by Gasteiger charge is -2.40. The van der Waals surface area contributed by atoms with E-state index < -0.39 is 23.4 Å². The molecule has 150 valence electrons. The fraction of sp³-hybridized carbons (Fsp3) is 0.318. The van der Waals surface area contributed by atoms with Gasteiger partial charge in [0.15, 0.2) is 5.82 Å². The Hall–Kier alpha value is -3.19. The maximum atomic E-state index is 13.4. The van der Waals surface area contributed by atoms with Crippen molar-refractivity contribution >= 4 is 5.97 Å². The van der Waals surface area contributed by atoms with Crippen LogP contribution in [0.1, 0.15) is 36.6 Å². The fourth-order valence-electron chi connectivity index (χ4n) is 4.23. The summed E-state index contributed by atoms with van der Waals surface area (Å²) in [7, 11) is 0. The quantitative estimate of drug-likeness (QED) is 0.662. The molecule has 2 aromatic heterocycles. The van der Waals surface area contributed by atoms with Gasteiger partial charge in [0, 0.05) is 29.8 Å². The first-order chi connectivity index (χ1) is 13.9. The lowest BCUT2D eigenvalue weighted by atomic mass is 9.66. The standard InChI is InChI=1S/C22H23N3O4/c1-3-29-21(27)19-17(14-9-5-4-6-10-14)18-15(13-22(19,2)28)24-25(20(18)26)16-11-7-8-12-23-16/h4-12,17,19,24,28H,3,13H2,1-2H3. The molecule has 2 heterocycles. The molecule has 1 aliphatic rings. The molecule has 3 unspecified atom stereocenters. The van der Waals surface area contributed by atoms with Crippen molar-refractivity contribution in [3.63, 3.8) is 0 Å². The van der Waals surface area contributed by atoms with Gasteiger partial charge >= 0.3 is 5.97 Å². The number of aliphatic hydroxyl groups is 1. The van der Waals surface area contributed by atoms with Gasteiger partial charge in [0.05, 0.1) is 18.1 Å². The van der Waals surface area contributed by atoms with E-state index in [0.717, 1.165) is 5.56 Å². The lowest BCUT2D eigenvalue weighted by molar-refractivity contribution is -0.159. The van der Waals surface area contributed by atoms with Gasteiger partial charge in [0.25, 0.3) is 5.56 Å². The van der Waals surface area contributed by atoms with Gasteiger partial charge in [-0.05, 0) is 31.5 Å². The zero-order chi connectivity index (χ0) is 20.6. The molecule has 3 atom stereocenters. The Bertz CT molecular complexity index is 1070. The molecule has 1 aliphatic carbocycles. The van der Waals surface area contributed by atoms with Crippen molar-refractivity contribution in [3.05, 3.63) is 81.9 Å². The van der Waals surface area contributed by atoms with Crippen LogP contribution in [0.5, 0.6) is 0 Å². The number of nitrogens with zero attached hydrogens (tertiary/aromatic N) is 2. The highest BCUT2D eigenvalue weighted by atomic mass is 16.5. The predicted octanol–water partition coefficient (Wildman–Crippen LogP) is 2.18. The molecule has 0 saturated heterocycles. The second kappa shape index (κ2) is 7.33. The number of aromatic nitrogens is 3. The second-order valence-electron chi connectivity index (χ2n) is 7.48. The molecular weight excluding hydrogens is 370 g/mol. The number of fused-ring (bicyclic) bond motifs is 1. The Morgan fingerprint density at radius 3 is 2.66 bits per heavy atom. The zero-order valence-electron chi connectivity index (χ0n) is 16.3. The summed E-state index contributed by atoms with van der Waals surface area (Å²) in [5.41, 5.74) is 0.166. The van der Waals surface area contributed by atoms with Gasteiger partial charge in [-0.25, -0.2) is 9.67 Å². The number of H-pyrrole nitrogens is 1. The van der Waals surface area contributed by atoms with E-state index in [9.17, 15) is 14.7 Å².